The van der Waals surface area contributed by atoms with Gasteiger partial charge in [0.05, 0.1) is 13.2 Å². The molecular weight excluding hydrogens is 334 g/mol. The minimum absolute atomic E-state index is 0.00144. The third kappa shape index (κ3) is 2.41. The van der Waals surface area contributed by atoms with Crippen LogP contribution < -0.4 is 15.4 Å². The van der Waals surface area contributed by atoms with Crippen LogP contribution in [-0.2, 0) is 21.5 Å². The number of nitrogens with zero attached hydrogens (tertiary/aromatic N) is 1. The van der Waals surface area contributed by atoms with Gasteiger partial charge in [-0.15, -0.1) is 0 Å². The predicted molar refractivity (Wildman–Crippen MR) is 94.1 cm³/mol. The number of fused-ring (bicyclic) bond motifs is 4. The zero-order valence-corrected chi connectivity index (χ0v) is 14.8. The van der Waals surface area contributed by atoms with E-state index < -0.39 is 6.04 Å². The number of carbonyl (C=O) groups is 3. The first-order valence-corrected chi connectivity index (χ1v) is 9.07. The van der Waals surface area contributed by atoms with E-state index in [2.05, 4.69) is 10.6 Å². The van der Waals surface area contributed by atoms with E-state index >= 15 is 0 Å². The Morgan fingerprint density at radius 3 is 3.04 bits per heavy atom. The monoisotopic (exact) mass is 357 g/mol. The molecule has 2 atom stereocenters. The number of hydrogen-bond acceptors (Lipinski definition) is 5. The standard InChI is InChI=1S/C19H23N3O4/c1-20-17(24)15(3-2-8-23)22-9-13-12(18(22)25)4-5-14-16(13)26-11-19(14)6-7-21-10-19/h4-5,8,15,21H,2-3,6-7,9-11H2,1H3,(H,20,24). The molecule has 0 aliphatic carbocycles. The van der Waals surface area contributed by atoms with Crippen molar-refractivity contribution in [3.8, 4) is 5.75 Å². The summed E-state index contributed by atoms with van der Waals surface area (Å²) in [6, 6.07) is 3.23. The molecule has 0 bridgehead atoms. The van der Waals surface area contributed by atoms with Crippen LogP contribution in [0.15, 0.2) is 12.1 Å². The average Bonchev–Trinajstić information content (AvgIpc) is 3.36. The van der Waals surface area contributed by atoms with Gasteiger partial charge >= 0.3 is 0 Å². The molecular formula is C19H23N3O4. The fraction of sp³-hybridized carbons (Fsp3) is 0.526. The lowest BCUT2D eigenvalue weighted by atomic mass is 9.81. The van der Waals surface area contributed by atoms with Crippen molar-refractivity contribution in [2.75, 3.05) is 26.7 Å². The van der Waals surface area contributed by atoms with E-state index in [9.17, 15) is 14.4 Å². The lowest BCUT2D eigenvalue weighted by molar-refractivity contribution is -0.125. The number of carbonyl (C=O) groups excluding carboxylic acids is 3. The Morgan fingerprint density at radius 2 is 2.35 bits per heavy atom. The Balaban J connectivity index is 1.67. The van der Waals surface area contributed by atoms with Crippen molar-refractivity contribution in [3.05, 3.63) is 28.8 Å². The van der Waals surface area contributed by atoms with Crippen LogP contribution in [-0.4, -0.2) is 55.8 Å². The second-order valence-electron chi connectivity index (χ2n) is 7.27. The van der Waals surface area contributed by atoms with Crippen LogP contribution in [0.1, 0.15) is 40.7 Å². The molecule has 1 spiro atoms. The molecule has 1 aromatic rings. The van der Waals surface area contributed by atoms with Crippen molar-refractivity contribution in [1.82, 2.24) is 15.5 Å². The number of amides is 2. The summed E-state index contributed by atoms with van der Waals surface area (Å²) in [7, 11) is 1.54. The molecule has 3 aliphatic heterocycles. The number of aldehydes is 1. The van der Waals surface area contributed by atoms with Crippen molar-refractivity contribution >= 4 is 18.1 Å². The Hall–Kier alpha value is -2.41. The smallest absolute Gasteiger partial charge is 0.255 e. The van der Waals surface area contributed by atoms with Gasteiger partial charge < -0.3 is 25.1 Å². The van der Waals surface area contributed by atoms with Gasteiger partial charge in [-0.2, -0.15) is 0 Å². The fourth-order valence-corrected chi connectivity index (χ4v) is 4.42. The molecule has 4 rings (SSSR count). The van der Waals surface area contributed by atoms with Crippen LogP contribution >= 0.6 is 0 Å². The maximum Gasteiger partial charge on any atom is 0.255 e. The van der Waals surface area contributed by atoms with E-state index in [4.69, 9.17) is 4.74 Å². The van der Waals surface area contributed by atoms with Gasteiger partial charge in [0.25, 0.3) is 5.91 Å². The highest BCUT2D eigenvalue weighted by atomic mass is 16.5. The van der Waals surface area contributed by atoms with Gasteiger partial charge in [0.1, 0.15) is 18.1 Å². The maximum absolute atomic E-state index is 12.9. The number of likely N-dealkylation sites (N-methyl/N-ethyl adjacent to an activating group) is 1. The minimum Gasteiger partial charge on any atom is -0.492 e. The van der Waals surface area contributed by atoms with Gasteiger partial charge in [-0.05, 0) is 25.5 Å². The molecule has 26 heavy (non-hydrogen) atoms. The topological polar surface area (TPSA) is 87.7 Å². The molecule has 1 fully saturated rings. The molecule has 0 saturated carbocycles. The van der Waals surface area contributed by atoms with Gasteiger partial charge in [0, 0.05) is 42.1 Å². The second kappa shape index (κ2) is 6.39. The predicted octanol–water partition coefficient (Wildman–Crippen LogP) is 0.360. The summed E-state index contributed by atoms with van der Waals surface area (Å²) in [6.45, 7) is 2.83. The molecule has 2 N–H and O–H groups in total. The number of hydrogen-bond donors (Lipinski definition) is 2. The highest BCUT2D eigenvalue weighted by Crippen LogP contribution is 2.47. The van der Waals surface area contributed by atoms with Crippen molar-refractivity contribution in [2.45, 2.75) is 37.3 Å². The summed E-state index contributed by atoms with van der Waals surface area (Å²) in [5, 5.41) is 6.00. The highest BCUT2D eigenvalue weighted by Gasteiger charge is 2.47. The number of benzene rings is 1. The summed E-state index contributed by atoms with van der Waals surface area (Å²) in [6.07, 6.45) is 2.36. The largest absolute Gasteiger partial charge is 0.492 e. The molecule has 3 heterocycles. The average molecular weight is 357 g/mol. The van der Waals surface area contributed by atoms with E-state index in [1.165, 1.54) is 5.56 Å². The van der Waals surface area contributed by atoms with Gasteiger partial charge in [0.15, 0.2) is 0 Å². The molecule has 3 aliphatic rings. The first-order valence-electron chi connectivity index (χ1n) is 9.07. The van der Waals surface area contributed by atoms with Crippen LogP contribution in [0.4, 0.5) is 0 Å². The number of rotatable bonds is 5. The molecule has 0 aromatic heterocycles. The highest BCUT2D eigenvalue weighted by molar-refractivity contribution is 6.02. The zero-order valence-electron chi connectivity index (χ0n) is 14.8. The third-order valence-electron chi connectivity index (χ3n) is 5.87. The van der Waals surface area contributed by atoms with Crippen LogP contribution in [0.2, 0.25) is 0 Å². The van der Waals surface area contributed by atoms with Crippen molar-refractivity contribution < 1.29 is 19.1 Å². The Morgan fingerprint density at radius 1 is 1.50 bits per heavy atom. The second-order valence-corrected chi connectivity index (χ2v) is 7.27. The molecule has 1 aromatic carbocycles. The summed E-state index contributed by atoms with van der Waals surface area (Å²) in [5.74, 6) is 0.395. The van der Waals surface area contributed by atoms with E-state index in [0.717, 1.165) is 37.1 Å². The fourth-order valence-electron chi connectivity index (χ4n) is 4.42. The molecule has 7 heteroatoms. The SMILES string of the molecule is CNC(=O)C(CCC=O)N1Cc2c(ccc3c2OCC32CCNC2)C1=O. The maximum atomic E-state index is 12.9. The van der Waals surface area contributed by atoms with Gasteiger partial charge in [0.2, 0.25) is 5.91 Å². The van der Waals surface area contributed by atoms with E-state index in [0.29, 0.717) is 25.1 Å². The Labute approximate surface area is 152 Å². The van der Waals surface area contributed by atoms with Crippen LogP contribution in [0, 0.1) is 0 Å². The molecule has 1 saturated heterocycles. The summed E-state index contributed by atoms with van der Waals surface area (Å²) < 4.78 is 6.05. The van der Waals surface area contributed by atoms with Crippen LogP contribution in [0.5, 0.6) is 5.75 Å². The van der Waals surface area contributed by atoms with Crippen molar-refractivity contribution in [1.29, 1.82) is 0 Å². The minimum atomic E-state index is -0.649. The van der Waals surface area contributed by atoms with Gasteiger partial charge in [-0.1, -0.05) is 6.07 Å². The number of ether oxygens (including phenoxy) is 1. The molecule has 138 valence electrons. The summed E-state index contributed by atoms with van der Waals surface area (Å²) >= 11 is 0. The van der Waals surface area contributed by atoms with E-state index in [-0.39, 0.29) is 23.7 Å². The number of nitrogens with one attached hydrogen (secondary N) is 2. The quantitative estimate of drug-likeness (QED) is 0.743. The summed E-state index contributed by atoms with van der Waals surface area (Å²) in [4.78, 5) is 37.5. The third-order valence-corrected chi connectivity index (χ3v) is 5.87. The molecule has 2 unspecified atom stereocenters. The molecule has 2 amide bonds. The van der Waals surface area contributed by atoms with Crippen molar-refractivity contribution in [2.24, 2.45) is 0 Å². The van der Waals surface area contributed by atoms with Crippen LogP contribution in [0.25, 0.3) is 0 Å². The van der Waals surface area contributed by atoms with Crippen molar-refractivity contribution in [3.63, 3.8) is 0 Å². The van der Waals surface area contributed by atoms with Crippen LogP contribution in [0.3, 0.4) is 0 Å². The molecule has 7 nitrogen and oxygen atoms in total. The molecule has 0 radical (unpaired) electrons. The Bertz CT molecular complexity index is 770. The van der Waals surface area contributed by atoms with Gasteiger partial charge in [-0.3, -0.25) is 9.59 Å². The first kappa shape index (κ1) is 17.0. The Kier molecular flexibility index (Phi) is 4.19. The van der Waals surface area contributed by atoms with Gasteiger partial charge in [-0.25, -0.2) is 0 Å². The normalized spacial score (nSPS) is 24.3. The lowest BCUT2D eigenvalue weighted by Crippen LogP contribution is -2.46. The first-order chi connectivity index (χ1) is 12.6. The van der Waals surface area contributed by atoms with E-state index in [1.54, 1.807) is 11.9 Å². The lowest BCUT2D eigenvalue weighted by Gasteiger charge is -2.25. The zero-order chi connectivity index (χ0) is 18.3. The summed E-state index contributed by atoms with van der Waals surface area (Å²) in [5.41, 5.74) is 2.64. The van der Waals surface area contributed by atoms with E-state index in [1.807, 2.05) is 12.1 Å².